The van der Waals surface area contributed by atoms with Gasteiger partial charge in [-0.1, -0.05) is 68.4 Å². The van der Waals surface area contributed by atoms with E-state index in [9.17, 15) is 4.79 Å². The first-order chi connectivity index (χ1) is 15.5. The van der Waals surface area contributed by atoms with Gasteiger partial charge < -0.3 is 15.4 Å². The minimum absolute atomic E-state index is 0.0537. The van der Waals surface area contributed by atoms with Crippen LogP contribution in [0.2, 0.25) is 0 Å². The van der Waals surface area contributed by atoms with Crippen LogP contribution in [0.4, 0.5) is 11.4 Å². The number of allylic oxidation sites excluding steroid dienone is 1. The Bertz CT molecular complexity index is 1160. The first-order valence-corrected chi connectivity index (χ1v) is 11.1. The third-order valence-corrected chi connectivity index (χ3v) is 6.18. The van der Waals surface area contributed by atoms with E-state index in [-0.39, 0.29) is 17.2 Å². The monoisotopic (exact) mass is 424 g/mol. The van der Waals surface area contributed by atoms with Gasteiger partial charge in [-0.3, -0.25) is 4.79 Å². The van der Waals surface area contributed by atoms with E-state index in [1.54, 1.807) is 0 Å². The fraction of sp³-hybridized carbons (Fsp3) is 0.250. The van der Waals surface area contributed by atoms with Crippen LogP contribution in [-0.4, -0.2) is 5.78 Å². The highest BCUT2D eigenvalue weighted by Gasteiger charge is 2.38. The van der Waals surface area contributed by atoms with Crippen molar-refractivity contribution in [1.82, 2.24) is 0 Å². The minimum Gasteiger partial charge on any atom is -0.489 e. The van der Waals surface area contributed by atoms with Crippen molar-refractivity contribution in [2.24, 2.45) is 5.41 Å². The molecule has 0 aromatic heterocycles. The van der Waals surface area contributed by atoms with E-state index in [1.807, 2.05) is 42.5 Å². The molecule has 0 radical (unpaired) electrons. The van der Waals surface area contributed by atoms with Crippen molar-refractivity contribution in [3.63, 3.8) is 0 Å². The van der Waals surface area contributed by atoms with Crippen LogP contribution in [-0.2, 0) is 11.4 Å². The fourth-order valence-corrected chi connectivity index (χ4v) is 4.64. The number of hydrogen-bond acceptors (Lipinski definition) is 4. The van der Waals surface area contributed by atoms with E-state index in [0.29, 0.717) is 13.0 Å². The lowest BCUT2D eigenvalue weighted by molar-refractivity contribution is -0.118. The van der Waals surface area contributed by atoms with Crippen molar-refractivity contribution in [2.45, 2.75) is 39.3 Å². The Labute approximate surface area is 189 Å². The summed E-state index contributed by atoms with van der Waals surface area (Å²) in [6.07, 6.45) is 1.40. The molecule has 0 spiro atoms. The second-order valence-corrected chi connectivity index (χ2v) is 9.42. The van der Waals surface area contributed by atoms with E-state index in [2.05, 4.69) is 60.9 Å². The van der Waals surface area contributed by atoms with Gasteiger partial charge in [0.2, 0.25) is 0 Å². The van der Waals surface area contributed by atoms with Crippen molar-refractivity contribution in [1.29, 1.82) is 0 Å². The topological polar surface area (TPSA) is 50.4 Å². The summed E-state index contributed by atoms with van der Waals surface area (Å²) in [5.74, 6) is 1.02. The minimum atomic E-state index is -0.201. The van der Waals surface area contributed by atoms with Gasteiger partial charge in [0.1, 0.15) is 12.4 Å². The average molecular weight is 425 g/mol. The van der Waals surface area contributed by atoms with Crippen molar-refractivity contribution >= 4 is 17.2 Å². The summed E-state index contributed by atoms with van der Waals surface area (Å²) in [5.41, 5.74) is 6.02. The van der Waals surface area contributed by atoms with E-state index in [0.717, 1.165) is 45.9 Å². The number of nitrogens with one attached hydrogen (secondary N) is 2. The van der Waals surface area contributed by atoms with Crippen LogP contribution in [0.3, 0.4) is 0 Å². The van der Waals surface area contributed by atoms with Crippen LogP contribution in [0, 0.1) is 5.41 Å². The Morgan fingerprint density at radius 2 is 1.56 bits per heavy atom. The molecule has 4 heteroatoms. The number of ketones is 1. The molecule has 0 unspecified atom stereocenters. The highest BCUT2D eigenvalue weighted by atomic mass is 16.5. The third-order valence-electron chi connectivity index (χ3n) is 6.18. The van der Waals surface area contributed by atoms with Crippen LogP contribution in [0.1, 0.15) is 43.9 Å². The summed E-state index contributed by atoms with van der Waals surface area (Å²) in [4.78, 5) is 13.3. The van der Waals surface area contributed by atoms with E-state index < -0.39 is 0 Å². The zero-order valence-corrected chi connectivity index (χ0v) is 18.5. The zero-order chi connectivity index (χ0) is 22.1. The number of carbonyl (C=O) groups excluding carboxylic acids is 1. The van der Waals surface area contributed by atoms with E-state index in [4.69, 9.17) is 4.74 Å². The molecule has 0 saturated carbocycles. The maximum atomic E-state index is 13.3. The van der Waals surface area contributed by atoms with Gasteiger partial charge in [0.25, 0.3) is 0 Å². The molecule has 1 atom stereocenters. The quantitative estimate of drug-likeness (QED) is 0.503. The standard InChI is InChI=1S/C28H28N2O2/c1-28(2)16-24-26(25(31)17-28)27(30-23-11-7-6-10-22(23)29-24)20-12-14-21(15-13-20)32-18-19-8-4-3-5-9-19/h3-15,27,29-30H,16-18H2,1-2H3/t27-/m1/s1. The van der Waals surface area contributed by atoms with Gasteiger partial charge in [-0.05, 0) is 47.2 Å². The number of ether oxygens (including phenoxy) is 1. The van der Waals surface area contributed by atoms with Gasteiger partial charge in [0, 0.05) is 17.7 Å². The lowest BCUT2D eigenvalue weighted by atomic mass is 9.73. The molecular weight excluding hydrogens is 396 g/mol. The molecule has 5 rings (SSSR count). The first kappa shape index (κ1) is 20.4. The summed E-state index contributed by atoms with van der Waals surface area (Å²) in [7, 11) is 0. The van der Waals surface area contributed by atoms with Crippen molar-refractivity contribution in [3.8, 4) is 5.75 Å². The molecule has 1 heterocycles. The van der Waals surface area contributed by atoms with Gasteiger partial charge >= 0.3 is 0 Å². The van der Waals surface area contributed by atoms with Crippen LogP contribution < -0.4 is 15.4 Å². The Morgan fingerprint density at radius 1 is 0.875 bits per heavy atom. The third kappa shape index (κ3) is 4.13. The number of para-hydroxylation sites is 2. The number of benzene rings is 3. The SMILES string of the molecule is CC1(C)CC(=O)C2=C(C1)Nc1ccccc1N[C@@H]2c1ccc(OCc2ccccc2)cc1. The highest BCUT2D eigenvalue weighted by molar-refractivity contribution is 6.01. The molecule has 162 valence electrons. The summed E-state index contributed by atoms with van der Waals surface area (Å²) < 4.78 is 5.96. The molecule has 0 saturated heterocycles. The van der Waals surface area contributed by atoms with Crippen LogP contribution in [0.15, 0.2) is 90.1 Å². The van der Waals surface area contributed by atoms with Gasteiger partial charge in [-0.15, -0.1) is 0 Å². The van der Waals surface area contributed by atoms with Crippen molar-refractivity contribution in [3.05, 3.63) is 101 Å². The molecule has 2 aliphatic rings. The van der Waals surface area contributed by atoms with Gasteiger partial charge in [-0.25, -0.2) is 0 Å². The molecule has 2 N–H and O–H groups in total. The van der Waals surface area contributed by atoms with Crippen LogP contribution in [0.25, 0.3) is 0 Å². The van der Waals surface area contributed by atoms with Gasteiger partial charge in [-0.2, -0.15) is 0 Å². The largest absolute Gasteiger partial charge is 0.489 e. The second-order valence-electron chi connectivity index (χ2n) is 9.42. The lowest BCUT2D eigenvalue weighted by Crippen LogP contribution is -2.31. The molecule has 1 aliphatic heterocycles. The van der Waals surface area contributed by atoms with Gasteiger partial charge in [0.15, 0.2) is 5.78 Å². The Kier molecular flexibility index (Phi) is 5.22. The number of fused-ring (bicyclic) bond motifs is 1. The summed E-state index contributed by atoms with van der Waals surface area (Å²) in [6, 6.07) is 26.2. The normalized spacial score (nSPS) is 19.2. The molecule has 4 nitrogen and oxygen atoms in total. The highest BCUT2D eigenvalue weighted by Crippen LogP contribution is 2.45. The van der Waals surface area contributed by atoms with Gasteiger partial charge in [0.05, 0.1) is 17.4 Å². The number of hydrogen-bond donors (Lipinski definition) is 2. The van der Waals surface area contributed by atoms with E-state index >= 15 is 0 Å². The van der Waals surface area contributed by atoms with Crippen molar-refractivity contribution in [2.75, 3.05) is 10.6 Å². The average Bonchev–Trinajstić information content (AvgIpc) is 2.94. The Hall–Kier alpha value is -3.53. The summed E-state index contributed by atoms with van der Waals surface area (Å²) >= 11 is 0. The predicted molar refractivity (Wildman–Crippen MR) is 129 cm³/mol. The maximum Gasteiger partial charge on any atom is 0.163 e. The number of carbonyl (C=O) groups is 1. The number of Topliss-reactive ketones (excluding diaryl/α,β-unsaturated/α-hetero) is 1. The smallest absolute Gasteiger partial charge is 0.163 e. The second kappa shape index (κ2) is 8.19. The Balaban J connectivity index is 1.46. The molecular formula is C28H28N2O2. The summed E-state index contributed by atoms with van der Waals surface area (Å²) in [5, 5.41) is 7.20. The maximum absolute atomic E-state index is 13.3. The van der Waals surface area contributed by atoms with Crippen LogP contribution >= 0.6 is 0 Å². The van der Waals surface area contributed by atoms with Crippen molar-refractivity contribution < 1.29 is 9.53 Å². The molecule has 0 fully saturated rings. The number of rotatable bonds is 4. The Morgan fingerprint density at radius 3 is 2.31 bits per heavy atom. The first-order valence-electron chi connectivity index (χ1n) is 11.1. The molecule has 3 aromatic rings. The lowest BCUT2D eigenvalue weighted by Gasteiger charge is -2.34. The molecule has 0 bridgehead atoms. The molecule has 0 amide bonds. The molecule has 3 aromatic carbocycles. The molecule has 1 aliphatic carbocycles. The zero-order valence-electron chi connectivity index (χ0n) is 18.5. The fourth-order valence-electron chi connectivity index (χ4n) is 4.64. The van der Waals surface area contributed by atoms with E-state index in [1.165, 1.54) is 0 Å². The summed E-state index contributed by atoms with van der Waals surface area (Å²) in [6.45, 7) is 4.85. The molecule has 32 heavy (non-hydrogen) atoms. The predicted octanol–water partition coefficient (Wildman–Crippen LogP) is 6.49. The number of anilines is 2. The van der Waals surface area contributed by atoms with Crippen LogP contribution in [0.5, 0.6) is 5.75 Å².